The highest BCUT2D eigenvalue weighted by Crippen LogP contribution is 2.54. The number of hydrogen-bond donors (Lipinski definition) is 2. The summed E-state index contributed by atoms with van der Waals surface area (Å²) >= 11 is 0. The number of ether oxygens (including phenoxy) is 2. The standard InChI is InChI=1S/C27H45O5P/c1-7-9-10-11-12-13-14-18-27(6)26(4,5)21(3)24-19-22(16-17-25(24)32-27)31-23(15-8-2)20-33(28,29)30/h14,16-19,21,23H,7-13,15,20H2,1-6H3,(H2,28,29,30). The second-order valence-corrected chi connectivity index (χ2v) is 12.0. The van der Waals surface area contributed by atoms with Crippen LogP contribution in [0.5, 0.6) is 11.5 Å². The summed E-state index contributed by atoms with van der Waals surface area (Å²) in [4.78, 5) is 18.8. The number of allylic oxidation sites excluding steroid dienone is 1. The molecule has 0 bridgehead atoms. The molecular weight excluding hydrogens is 435 g/mol. The minimum atomic E-state index is -4.14. The molecule has 0 fully saturated rings. The van der Waals surface area contributed by atoms with E-state index in [1.165, 1.54) is 32.1 Å². The molecule has 0 saturated carbocycles. The molecular formula is C27H45O5P. The SMILES string of the molecule is CCCCCCCC=CC1(C)Oc2ccc(OC(CCC)CP(=O)(O)O)cc2C(C)C1(C)C. The van der Waals surface area contributed by atoms with Crippen molar-refractivity contribution in [3.8, 4) is 11.5 Å². The van der Waals surface area contributed by atoms with E-state index in [0.29, 0.717) is 12.2 Å². The van der Waals surface area contributed by atoms with E-state index >= 15 is 0 Å². The zero-order valence-electron chi connectivity index (χ0n) is 21.5. The Bertz CT molecular complexity index is 828. The molecule has 33 heavy (non-hydrogen) atoms. The van der Waals surface area contributed by atoms with Crippen molar-refractivity contribution in [2.75, 3.05) is 6.16 Å². The maximum Gasteiger partial charge on any atom is 0.329 e. The highest BCUT2D eigenvalue weighted by Gasteiger charge is 2.49. The van der Waals surface area contributed by atoms with Crippen molar-refractivity contribution < 1.29 is 23.8 Å². The predicted octanol–water partition coefficient (Wildman–Crippen LogP) is 7.61. The second-order valence-electron chi connectivity index (χ2n) is 10.3. The van der Waals surface area contributed by atoms with Crippen LogP contribution in [0, 0.1) is 5.41 Å². The molecule has 2 N–H and O–H groups in total. The average Bonchev–Trinajstić information content (AvgIpc) is 2.71. The van der Waals surface area contributed by atoms with E-state index in [1.807, 2.05) is 25.1 Å². The molecule has 0 aromatic heterocycles. The topological polar surface area (TPSA) is 76.0 Å². The first kappa shape index (κ1) is 28.0. The molecule has 1 heterocycles. The molecule has 2 rings (SSSR count). The fraction of sp³-hybridized carbons (Fsp3) is 0.704. The zero-order chi connectivity index (χ0) is 24.7. The predicted molar refractivity (Wildman–Crippen MR) is 136 cm³/mol. The smallest absolute Gasteiger partial charge is 0.329 e. The third-order valence-corrected chi connectivity index (χ3v) is 8.28. The van der Waals surface area contributed by atoms with Gasteiger partial charge in [0.15, 0.2) is 0 Å². The van der Waals surface area contributed by atoms with E-state index in [4.69, 9.17) is 9.47 Å². The summed E-state index contributed by atoms with van der Waals surface area (Å²) in [7, 11) is -4.14. The molecule has 0 amide bonds. The van der Waals surface area contributed by atoms with Gasteiger partial charge in [-0.2, -0.15) is 0 Å². The molecule has 1 aliphatic heterocycles. The van der Waals surface area contributed by atoms with Gasteiger partial charge in [0.2, 0.25) is 0 Å². The van der Waals surface area contributed by atoms with Crippen LogP contribution in [0.4, 0.5) is 0 Å². The highest BCUT2D eigenvalue weighted by atomic mass is 31.2. The second kappa shape index (κ2) is 11.9. The van der Waals surface area contributed by atoms with Crippen LogP contribution < -0.4 is 9.47 Å². The molecule has 0 radical (unpaired) electrons. The van der Waals surface area contributed by atoms with Crippen molar-refractivity contribution in [1.82, 2.24) is 0 Å². The van der Waals surface area contributed by atoms with Crippen LogP contribution in [-0.4, -0.2) is 27.7 Å². The van der Waals surface area contributed by atoms with Crippen molar-refractivity contribution >= 4 is 7.60 Å². The minimum absolute atomic E-state index is 0.147. The Kier molecular flexibility index (Phi) is 10.1. The Hall–Kier alpha value is -1.29. The summed E-state index contributed by atoms with van der Waals surface area (Å²) in [5, 5.41) is 0. The van der Waals surface area contributed by atoms with Gasteiger partial charge in [0.25, 0.3) is 0 Å². The van der Waals surface area contributed by atoms with Gasteiger partial charge in [0, 0.05) is 11.0 Å². The van der Waals surface area contributed by atoms with Crippen molar-refractivity contribution in [1.29, 1.82) is 0 Å². The third-order valence-electron chi connectivity index (χ3n) is 7.40. The summed E-state index contributed by atoms with van der Waals surface area (Å²) in [6.45, 7) is 13.1. The Balaban J connectivity index is 2.16. The molecule has 3 atom stereocenters. The zero-order valence-corrected chi connectivity index (χ0v) is 22.4. The molecule has 1 aliphatic rings. The van der Waals surface area contributed by atoms with Crippen molar-refractivity contribution in [2.45, 2.75) is 111 Å². The van der Waals surface area contributed by atoms with Crippen molar-refractivity contribution in [2.24, 2.45) is 5.41 Å². The Morgan fingerprint density at radius 2 is 1.82 bits per heavy atom. The van der Waals surface area contributed by atoms with E-state index in [-0.39, 0.29) is 17.5 Å². The third kappa shape index (κ3) is 7.60. The lowest BCUT2D eigenvalue weighted by Gasteiger charge is -2.50. The number of unbranched alkanes of at least 4 members (excludes halogenated alkanes) is 5. The lowest BCUT2D eigenvalue weighted by molar-refractivity contribution is -0.0194. The summed E-state index contributed by atoms with van der Waals surface area (Å²) < 4.78 is 24.1. The summed E-state index contributed by atoms with van der Waals surface area (Å²) in [5.74, 6) is 1.71. The van der Waals surface area contributed by atoms with Gasteiger partial charge in [-0.15, -0.1) is 0 Å². The molecule has 1 aromatic carbocycles. The van der Waals surface area contributed by atoms with Gasteiger partial charge in [-0.1, -0.05) is 72.8 Å². The number of hydrogen-bond acceptors (Lipinski definition) is 3. The van der Waals surface area contributed by atoms with Gasteiger partial charge >= 0.3 is 7.60 Å². The van der Waals surface area contributed by atoms with Crippen LogP contribution >= 0.6 is 7.60 Å². The lowest BCUT2D eigenvalue weighted by Crippen LogP contribution is -2.51. The monoisotopic (exact) mass is 480 g/mol. The van der Waals surface area contributed by atoms with Gasteiger partial charge in [0.05, 0.1) is 6.16 Å². The molecule has 0 saturated heterocycles. The summed E-state index contributed by atoms with van der Waals surface area (Å²) in [5.41, 5.74) is 0.511. The molecule has 3 unspecified atom stereocenters. The maximum absolute atomic E-state index is 11.5. The van der Waals surface area contributed by atoms with Gasteiger partial charge in [0.1, 0.15) is 23.2 Å². The van der Waals surface area contributed by atoms with E-state index in [0.717, 1.165) is 24.2 Å². The van der Waals surface area contributed by atoms with Crippen LogP contribution in [-0.2, 0) is 4.57 Å². The fourth-order valence-corrected chi connectivity index (χ4v) is 5.39. The fourth-order valence-electron chi connectivity index (χ4n) is 4.60. The van der Waals surface area contributed by atoms with E-state index in [2.05, 4.69) is 46.8 Å². The molecule has 1 aromatic rings. The lowest BCUT2D eigenvalue weighted by atomic mass is 9.63. The molecule has 0 spiro atoms. The number of fused-ring (bicyclic) bond motifs is 1. The van der Waals surface area contributed by atoms with Gasteiger partial charge < -0.3 is 19.3 Å². The van der Waals surface area contributed by atoms with Crippen LogP contribution in [0.3, 0.4) is 0 Å². The molecule has 0 aliphatic carbocycles. The van der Waals surface area contributed by atoms with Crippen molar-refractivity contribution in [3.63, 3.8) is 0 Å². The van der Waals surface area contributed by atoms with E-state index < -0.39 is 19.3 Å². The molecule has 188 valence electrons. The van der Waals surface area contributed by atoms with Gasteiger partial charge in [-0.25, -0.2) is 0 Å². The minimum Gasteiger partial charge on any atom is -0.490 e. The van der Waals surface area contributed by atoms with Crippen LogP contribution in [0.15, 0.2) is 30.4 Å². The first-order valence-electron chi connectivity index (χ1n) is 12.7. The Morgan fingerprint density at radius 1 is 1.12 bits per heavy atom. The normalized spacial score (nSPS) is 23.2. The Labute approximate surface area is 201 Å². The van der Waals surface area contributed by atoms with Crippen LogP contribution in [0.1, 0.15) is 104 Å². The highest BCUT2D eigenvalue weighted by molar-refractivity contribution is 7.51. The largest absolute Gasteiger partial charge is 0.490 e. The van der Waals surface area contributed by atoms with Gasteiger partial charge in [-0.3, -0.25) is 4.57 Å². The van der Waals surface area contributed by atoms with Gasteiger partial charge in [-0.05, 0) is 56.4 Å². The number of rotatable bonds is 13. The first-order valence-corrected chi connectivity index (χ1v) is 14.4. The van der Waals surface area contributed by atoms with Crippen LogP contribution in [0.25, 0.3) is 0 Å². The molecule has 5 nitrogen and oxygen atoms in total. The quantitative estimate of drug-likeness (QED) is 0.173. The number of benzene rings is 1. The van der Waals surface area contributed by atoms with Crippen molar-refractivity contribution in [3.05, 3.63) is 35.9 Å². The Morgan fingerprint density at radius 3 is 2.45 bits per heavy atom. The van der Waals surface area contributed by atoms with E-state index in [9.17, 15) is 14.4 Å². The summed E-state index contributed by atoms with van der Waals surface area (Å²) in [6.07, 6.45) is 12.6. The maximum atomic E-state index is 11.5. The molecule has 6 heteroatoms. The summed E-state index contributed by atoms with van der Waals surface area (Å²) in [6, 6.07) is 5.78. The average molecular weight is 481 g/mol. The van der Waals surface area contributed by atoms with E-state index in [1.54, 1.807) is 0 Å². The van der Waals surface area contributed by atoms with Crippen LogP contribution in [0.2, 0.25) is 0 Å². The first-order chi connectivity index (χ1) is 15.4.